The van der Waals surface area contributed by atoms with E-state index in [1.807, 2.05) is 33.0 Å². The van der Waals surface area contributed by atoms with Gasteiger partial charge in [0.2, 0.25) is 11.8 Å². The van der Waals surface area contributed by atoms with Crippen LogP contribution in [0, 0.1) is 17.3 Å². The molecular formula is C19H23N3O2. The molecule has 0 bridgehead atoms. The average Bonchev–Trinajstić information content (AvgIpc) is 3.03. The molecule has 1 saturated carbocycles. The van der Waals surface area contributed by atoms with Gasteiger partial charge in [0, 0.05) is 30.0 Å². The molecule has 1 aromatic carbocycles. The maximum Gasteiger partial charge on any atom is 0.243 e. The molecule has 1 aliphatic carbocycles. The molecule has 0 spiro atoms. The summed E-state index contributed by atoms with van der Waals surface area (Å²) in [4.78, 5) is 26.2. The summed E-state index contributed by atoms with van der Waals surface area (Å²) in [7, 11) is 1.84. The van der Waals surface area contributed by atoms with Crippen molar-refractivity contribution >= 4 is 23.2 Å². The van der Waals surface area contributed by atoms with Crippen molar-refractivity contribution in [3.05, 3.63) is 29.3 Å². The number of amides is 2. The van der Waals surface area contributed by atoms with Gasteiger partial charge in [-0.25, -0.2) is 5.43 Å². The summed E-state index contributed by atoms with van der Waals surface area (Å²) < 4.78 is 0. The molecule has 3 aliphatic rings. The highest BCUT2D eigenvalue weighted by Gasteiger charge is 2.41. The van der Waals surface area contributed by atoms with Gasteiger partial charge in [-0.15, -0.1) is 0 Å². The molecular weight excluding hydrogens is 302 g/mol. The second-order valence-electron chi connectivity index (χ2n) is 7.89. The van der Waals surface area contributed by atoms with Crippen LogP contribution in [0.25, 0.3) is 0 Å². The zero-order chi connectivity index (χ0) is 17.1. The third-order valence-electron chi connectivity index (χ3n) is 5.74. The summed E-state index contributed by atoms with van der Waals surface area (Å²) in [6.07, 6.45) is 3.78. The number of carbonyl (C=O) groups is 2. The van der Waals surface area contributed by atoms with Crippen molar-refractivity contribution in [1.29, 1.82) is 0 Å². The Morgan fingerprint density at radius 1 is 1.21 bits per heavy atom. The molecule has 4 rings (SSSR count). The Morgan fingerprint density at radius 2 is 1.96 bits per heavy atom. The smallest absolute Gasteiger partial charge is 0.243 e. The maximum absolute atomic E-state index is 12.4. The van der Waals surface area contributed by atoms with Gasteiger partial charge in [0.15, 0.2) is 0 Å². The first-order valence-electron chi connectivity index (χ1n) is 8.67. The first kappa shape index (κ1) is 15.4. The lowest BCUT2D eigenvalue weighted by Gasteiger charge is -2.37. The zero-order valence-corrected chi connectivity index (χ0v) is 14.4. The maximum atomic E-state index is 12.4. The topological polar surface area (TPSA) is 61.8 Å². The van der Waals surface area contributed by atoms with Crippen LogP contribution in [0.5, 0.6) is 0 Å². The van der Waals surface area contributed by atoms with Crippen LogP contribution in [0.4, 0.5) is 5.69 Å². The third-order valence-corrected chi connectivity index (χ3v) is 5.74. The second-order valence-corrected chi connectivity index (χ2v) is 7.89. The standard InChI is InChI=1S/C19H23N3O2/c1-19(2)10-12-9-11(7-8-15(12)22(3)18(19)24)16-13-5-4-6-14(13)17(23)21-20-16/h7-9,13-14H,4-6,10H2,1-3H3,(H,21,23). The number of benzene rings is 1. The summed E-state index contributed by atoms with van der Waals surface area (Å²) in [5, 5.41) is 4.38. The SMILES string of the molecule is CN1C(=O)C(C)(C)Cc2cc(C3=NNC(=O)C4CCCC34)ccc21. The van der Waals surface area contributed by atoms with Gasteiger partial charge < -0.3 is 4.90 Å². The van der Waals surface area contributed by atoms with E-state index in [0.717, 1.165) is 42.6 Å². The predicted molar refractivity (Wildman–Crippen MR) is 92.8 cm³/mol. The molecule has 2 heterocycles. The van der Waals surface area contributed by atoms with Crippen LogP contribution < -0.4 is 10.3 Å². The minimum absolute atomic E-state index is 0.0608. The first-order valence-corrected chi connectivity index (χ1v) is 8.67. The van der Waals surface area contributed by atoms with Gasteiger partial charge in [0.25, 0.3) is 0 Å². The van der Waals surface area contributed by atoms with Crippen molar-refractivity contribution in [2.24, 2.45) is 22.4 Å². The van der Waals surface area contributed by atoms with Gasteiger partial charge in [-0.1, -0.05) is 26.3 Å². The minimum Gasteiger partial charge on any atom is -0.315 e. The van der Waals surface area contributed by atoms with E-state index < -0.39 is 5.41 Å². The molecule has 1 aromatic rings. The fourth-order valence-corrected chi connectivity index (χ4v) is 4.49. The molecule has 5 heteroatoms. The molecule has 24 heavy (non-hydrogen) atoms. The van der Waals surface area contributed by atoms with Gasteiger partial charge in [0.05, 0.1) is 5.71 Å². The number of rotatable bonds is 1. The Morgan fingerprint density at radius 3 is 2.75 bits per heavy atom. The highest BCUT2D eigenvalue weighted by molar-refractivity contribution is 6.08. The molecule has 2 amide bonds. The molecule has 2 aliphatic heterocycles. The van der Waals surface area contributed by atoms with Crippen LogP contribution in [0.2, 0.25) is 0 Å². The van der Waals surface area contributed by atoms with Crippen molar-refractivity contribution < 1.29 is 9.59 Å². The highest BCUT2D eigenvalue weighted by Crippen LogP contribution is 2.40. The summed E-state index contributed by atoms with van der Waals surface area (Å²) in [5.41, 5.74) is 6.53. The molecule has 5 nitrogen and oxygen atoms in total. The van der Waals surface area contributed by atoms with E-state index in [2.05, 4.69) is 16.6 Å². The Balaban J connectivity index is 1.74. The van der Waals surface area contributed by atoms with E-state index in [0.29, 0.717) is 0 Å². The number of hydrogen-bond donors (Lipinski definition) is 1. The van der Waals surface area contributed by atoms with Crippen LogP contribution in [-0.4, -0.2) is 24.6 Å². The molecule has 126 valence electrons. The second kappa shape index (κ2) is 5.16. The van der Waals surface area contributed by atoms with Crippen LogP contribution >= 0.6 is 0 Å². The van der Waals surface area contributed by atoms with Gasteiger partial charge >= 0.3 is 0 Å². The van der Waals surface area contributed by atoms with E-state index in [1.165, 1.54) is 5.56 Å². The number of hydrazone groups is 1. The van der Waals surface area contributed by atoms with Crippen molar-refractivity contribution in [2.75, 3.05) is 11.9 Å². The van der Waals surface area contributed by atoms with E-state index in [1.54, 1.807) is 4.90 Å². The average molecular weight is 325 g/mol. The van der Waals surface area contributed by atoms with Gasteiger partial charge in [0.1, 0.15) is 0 Å². The van der Waals surface area contributed by atoms with E-state index in [-0.39, 0.29) is 23.7 Å². The monoisotopic (exact) mass is 325 g/mol. The minimum atomic E-state index is -0.390. The Labute approximate surface area is 142 Å². The van der Waals surface area contributed by atoms with Gasteiger partial charge in [-0.2, -0.15) is 5.10 Å². The van der Waals surface area contributed by atoms with Crippen molar-refractivity contribution in [3.8, 4) is 0 Å². The van der Waals surface area contributed by atoms with E-state index >= 15 is 0 Å². The normalized spacial score (nSPS) is 28.1. The molecule has 0 aromatic heterocycles. The van der Waals surface area contributed by atoms with Crippen LogP contribution in [0.3, 0.4) is 0 Å². The van der Waals surface area contributed by atoms with Gasteiger partial charge in [-0.05, 0) is 42.5 Å². The lowest BCUT2D eigenvalue weighted by Crippen LogP contribution is -2.44. The molecule has 1 fully saturated rings. The molecule has 1 N–H and O–H groups in total. The molecule has 2 unspecified atom stereocenters. The number of carbonyl (C=O) groups excluding carboxylic acids is 2. The van der Waals surface area contributed by atoms with Crippen LogP contribution in [0.1, 0.15) is 44.2 Å². The summed E-state index contributed by atoms with van der Waals surface area (Å²) in [6, 6.07) is 6.21. The lowest BCUT2D eigenvalue weighted by molar-refractivity contribution is -0.127. The van der Waals surface area contributed by atoms with Gasteiger partial charge in [-0.3, -0.25) is 9.59 Å². The van der Waals surface area contributed by atoms with Crippen LogP contribution in [-0.2, 0) is 16.0 Å². The Bertz CT molecular complexity index is 766. The Hall–Kier alpha value is -2.17. The summed E-state index contributed by atoms with van der Waals surface area (Å²) in [5.74, 6) is 0.508. The van der Waals surface area contributed by atoms with Crippen molar-refractivity contribution in [1.82, 2.24) is 5.43 Å². The highest BCUT2D eigenvalue weighted by atomic mass is 16.2. The molecule has 0 radical (unpaired) electrons. The quantitative estimate of drug-likeness (QED) is 0.862. The molecule has 0 saturated heterocycles. The third kappa shape index (κ3) is 2.18. The lowest BCUT2D eigenvalue weighted by atomic mass is 9.79. The zero-order valence-electron chi connectivity index (χ0n) is 14.4. The number of fused-ring (bicyclic) bond motifs is 2. The fourth-order valence-electron chi connectivity index (χ4n) is 4.49. The van der Waals surface area contributed by atoms with Crippen molar-refractivity contribution in [2.45, 2.75) is 39.5 Å². The molecule has 2 atom stereocenters. The van der Waals surface area contributed by atoms with E-state index in [9.17, 15) is 9.59 Å². The Kier molecular flexibility index (Phi) is 3.31. The first-order chi connectivity index (χ1) is 11.4. The number of anilines is 1. The number of hydrogen-bond acceptors (Lipinski definition) is 3. The number of nitrogens with one attached hydrogen (secondary N) is 1. The van der Waals surface area contributed by atoms with E-state index in [4.69, 9.17) is 0 Å². The van der Waals surface area contributed by atoms with Crippen molar-refractivity contribution in [3.63, 3.8) is 0 Å². The summed E-state index contributed by atoms with van der Waals surface area (Å²) >= 11 is 0. The fraction of sp³-hybridized carbons (Fsp3) is 0.526. The largest absolute Gasteiger partial charge is 0.315 e. The predicted octanol–water partition coefficient (Wildman–Crippen LogP) is 2.48. The summed E-state index contributed by atoms with van der Waals surface area (Å²) in [6.45, 7) is 3.99. The number of nitrogens with zero attached hydrogens (tertiary/aromatic N) is 2. The van der Waals surface area contributed by atoms with Crippen LogP contribution in [0.15, 0.2) is 23.3 Å².